The quantitative estimate of drug-likeness (QED) is 0.498. The molecule has 0 bridgehead atoms. The van der Waals surface area contributed by atoms with Gasteiger partial charge >= 0.3 is 0 Å². The van der Waals surface area contributed by atoms with Crippen molar-refractivity contribution < 1.29 is 0 Å². The molecular formula is C14H5BrO2. The van der Waals surface area contributed by atoms with Crippen LogP contribution in [-0.2, 0) is 0 Å². The molecule has 0 atom stereocenters. The molecule has 0 spiro atoms. The van der Waals surface area contributed by atoms with Crippen LogP contribution in [0.1, 0.15) is 0 Å². The number of hydrogen-bond acceptors (Lipinski definition) is 2. The predicted molar refractivity (Wildman–Crippen MR) is 71.9 cm³/mol. The van der Waals surface area contributed by atoms with Crippen LogP contribution in [0.3, 0.4) is 0 Å². The van der Waals surface area contributed by atoms with Gasteiger partial charge in [-0.15, -0.1) is 0 Å². The lowest BCUT2D eigenvalue weighted by molar-refractivity contribution is 1.72. The van der Waals surface area contributed by atoms with Crippen LogP contribution < -0.4 is 10.9 Å². The molecule has 4 rings (SSSR count). The monoisotopic (exact) mass is 284 g/mol. The molecule has 0 aliphatic heterocycles. The summed E-state index contributed by atoms with van der Waals surface area (Å²) < 4.78 is 0.762. The fraction of sp³-hybridized carbons (Fsp3) is 0. The second kappa shape index (κ2) is 2.74. The molecule has 0 aromatic heterocycles. The van der Waals surface area contributed by atoms with E-state index >= 15 is 0 Å². The molecule has 0 radical (unpaired) electrons. The van der Waals surface area contributed by atoms with Gasteiger partial charge in [0.15, 0.2) is 10.9 Å². The number of rotatable bonds is 0. The summed E-state index contributed by atoms with van der Waals surface area (Å²) in [6.45, 7) is 0. The zero-order valence-electron chi connectivity index (χ0n) is 8.58. The minimum Gasteiger partial charge on any atom is -0.289 e. The molecule has 80 valence electrons. The van der Waals surface area contributed by atoms with Gasteiger partial charge in [0.25, 0.3) is 0 Å². The highest BCUT2D eigenvalue weighted by atomic mass is 79.9. The van der Waals surface area contributed by atoms with Crippen LogP contribution in [0.25, 0.3) is 32.7 Å². The Bertz CT molecular complexity index is 929. The maximum atomic E-state index is 12.3. The Balaban J connectivity index is 2.58. The minimum absolute atomic E-state index is 0.0121. The maximum Gasteiger partial charge on any atom is 0.195 e. The summed E-state index contributed by atoms with van der Waals surface area (Å²) in [7, 11) is 0. The number of halogens is 1. The van der Waals surface area contributed by atoms with Crippen LogP contribution in [0.4, 0.5) is 0 Å². The van der Waals surface area contributed by atoms with Gasteiger partial charge < -0.3 is 0 Å². The Hall–Kier alpha value is -1.74. The molecule has 0 fully saturated rings. The molecule has 0 saturated carbocycles. The molecule has 0 N–H and O–H groups in total. The van der Waals surface area contributed by atoms with Crippen molar-refractivity contribution in [1.82, 2.24) is 0 Å². The molecule has 2 nitrogen and oxygen atoms in total. The van der Waals surface area contributed by atoms with Crippen LogP contribution in [0, 0.1) is 0 Å². The van der Waals surface area contributed by atoms with Gasteiger partial charge in [-0.05, 0) is 12.1 Å². The molecule has 2 aromatic carbocycles. The Kier molecular flexibility index (Phi) is 1.50. The van der Waals surface area contributed by atoms with Gasteiger partial charge in [-0.2, -0.15) is 0 Å². The van der Waals surface area contributed by atoms with E-state index in [0.29, 0.717) is 21.5 Å². The van der Waals surface area contributed by atoms with Gasteiger partial charge in [-0.1, -0.05) is 34.1 Å². The third kappa shape index (κ3) is 0.883. The largest absolute Gasteiger partial charge is 0.289 e. The SMILES string of the molecule is O=c1c2cccc3c2-c2c1ccc(Br)c2c3=O. The summed E-state index contributed by atoms with van der Waals surface area (Å²) in [6, 6.07) is 8.91. The Morgan fingerprint density at radius 3 is 2.18 bits per heavy atom. The van der Waals surface area contributed by atoms with Gasteiger partial charge in [0.2, 0.25) is 0 Å². The molecule has 0 amide bonds. The first-order valence-corrected chi connectivity index (χ1v) is 6.04. The van der Waals surface area contributed by atoms with E-state index in [1.807, 2.05) is 0 Å². The molecule has 2 aromatic rings. The fourth-order valence-corrected chi connectivity index (χ4v) is 3.24. The van der Waals surface area contributed by atoms with Crippen molar-refractivity contribution in [3.05, 3.63) is 55.3 Å². The Morgan fingerprint density at radius 1 is 0.765 bits per heavy atom. The summed E-state index contributed by atoms with van der Waals surface area (Å²) in [5.74, 6) is 0. The minimum atomic E-state index is 0.0121. The first-order valence-electron chi connectivity index (χ1n) is 5.25. The lowest BCUT2D eigenvalue weighted by Gasteiger charge is -1.97. The van der Waals surface area contributed by atoms with Crippen LogP contribution in [0.2, 0.25) is 0 Å². The predicted octanol–water partition coefficient (Wildman–Crippen LogP) is 2.89. The first-order chi connectivity index (χ1) is 8.20. The Morgan fingerprint density at radius 2 is 1.41 bits per heavy atom. The zero-order chi connectivity index (χ0) is 11.7. The summed E-state index contributed by atoms with van der Waals surface area (Å²) >= 11 is 3.39. The van der Waals surface area contributed by atoms with Crippen molar-refractivity contribution in [3.8, 4) is 11.1 Å². The summed E-state index contributed by atoms with van der Waals surface area (Å²) in [5, 5.41) is 2.59. The van der Waals surface area contributed by atoms with E-state index in [4.69, 9.17) is 0 Å². The second-order valence-electron chi connectivity index (χ2n) is 4.23. The molecule has 2 aliphatic carbocycles. The van der Waals surface area contributed by atoms with E-state index in [-0.39, 0.29) is 10.9 Å². The van der Waals surface area contributed by atoms with Gasteiger partial charge in [0.05, 0.1) is 0 Å². The average Bonchev–Trinajstić information content (AvgIpc) is 2.79. The van der Waals surface area contributed by atoms with Gasteiger partial charge in [-0.25, -0.2) is 0 Å². The van der Waals surface area contributed by atoms with E-state index < -0.39 is 0 Å². The van der Waals surface area contributed by atoms with E-state index in [1.165, 1.54) is 0 Å². The molecule has 2 aliphatic rings. The van der Waals surface area contributed by atoms with Crippen molar-refractivity contribution in [2.75, 3.05) is 0 Å². The van der Waals surface area contributed by atoms with Gasteiger partial charge in [0.1, 0.15) is 0 Å². The van der Waals surface area contributed by atoms with Crippen molar-refractivity contribution in [2.24, 2.45) is 0 Å². The summed E-state index contributed by atoms with van der Waals surface area (Å²) in [5.41, 5.74) is 1.69. The molecule has 0 saturated heterocycles. The van der Waals surface area contributed by atoms with Crippen LogP contribution in [-0.4, -0.2) is 0 Å². The van der Waals surface area contributed by atoms with Crippen LogP contribution >= 0.6 is 15.9 Å². The Labute approximate surface area is 104 Å². The van der Waals surface area contributed by atoms with Crippen molar-refractivity contribution >= 4 is 37.5 Å². The second-order valence-corrected chi connectivity index (χ2v) is 5.09. The van der Waals surface area contributed by atoms with Crippen molar-refractivity contribution in [3.63, 3.8) is 0 Å². The number of benzene rings is 2. The van der Waals surface area contributed by atoms with Crippen molar-refractivity contribution in [1.29, 1.82) is 0 Å². The third-order valence-corrected chi connectivity index (χ3v) is 4.09. The molecule has 0 heterocycles. The lowest BCUT2D eigenvalue weighted by atomic mass is 10.1. The van der Waals surface area contributed by atoms with Gasteiger partial charge in [-0.3, -0.25) is 9.59 Å². The van der Waals surface area contributed by atoms with E-state index in [1.54, 1.807) is 30.3 Å². The van der Waals surface area contributed by atoms with E-state index in [0.717, 1.165) is 15.6 Å². The standard InChI is InChI=1S/C14H5BrO2/c15-9-5-4-8-11-10-6(13(8)16)2-1-3-7(10)14(17)12(9)11/h1-5H. The average molecular weight is 285 g/mol. The highest BCUT2D eigenvalue weighted by Crippen LogP contribution is 2.41. The highest BCUT2D eigenvalue weighted by molar-refractivity contribution is 9.10. The normalized spacial score (nSPS) is 12.3. The first kappa shape index (κ1) is 9.31. The molecule has 17 heavy (non-hydrogen) atoms. The smallest absolute Gasteiger partial charge is 0.195 e. The maximum absolute atomic E-state index is 12.3. The lowest BCUT2D eigenvalue weighted by Crippen LogP contribution is -1.99. The zero-order valence-corrected chi connectivity index (χ0v) is 10.2. The van der Waals surface area contributed by atoms with E-state index in [9.17, 15) is 9.59 Å². The van der Waals surface area contributed by atoms with Gasteiger partial charge in [0, 0.05) is 37.1 Å². The fourth-order valence-electron chi connectivity index (χ4n) is 2.73. The summed E-state index contributed by atoms with van der Waals surface area (Å²) in [6.07, 6.45) is 0. The van der Waals surface area contributed by atoms with Crippen LogP contribution in [0.5, 0.6) is 0 Å². The third-order valence-electron chi connectivity index (χ3n) is 3.43. The summed E-state index contributed by atoms with van der Waals surface area (Å²) in [4.78, 5) is 24.4. The topological polar surface area (TPSA) is 34.1 Å². The molecular weight excluding hydrogens is 280 g/mol. The number of hydrogen-bond donors (Lipinski definition) is 0. The molecule has 0 unspecified atom stereocenters. The highest BCUT2D eigenvalue weighted by Gasteiger charge is 2.26. The van der Waals surface area contributed by atoms with Crippen LogP contribution in [0.15, 0.2) is 44.4 Å². The van der Waals surface area contributed by atoms with Crippen molar-refractivity contribution in [2.45, 2.75) is 0 Å². The van der Waals surface area contributed by atoms with E-state index in [2.05, 4.69) is 15.9 Å². The molecule has 3 heteroatoms.